The lowest BCUT2D eigenvalue weighted by molar-refractivity contribution is 0.0513. The molecule has 0 saturated carbocycles. The minimum absolute atomic E-state index is 0.214. The Balaban J connectivity index is 2.53. The number of aromatic hydroxyl groups is 1. The van der Waals surface area contributed by atoms with Gasteiger partial charge in [-0.2, -0.15) is 0 Å². The van der Waals surface area contributed by atoms with Gasteiger partial charge in [0.1, 0.15) is 17.1 Å². The van der Waals surface area contributed by atoms with E-state index in [-0.39, 0.29) is 5.60 Å². The van der Waals surface area contributed by atoms with Crippen LogP contribution in [0.3, 0.4) is 0 Å². The monoisotopic (exact) mass is 150 g/mol. The molecule has 1 N–H and O–H groups in total. The van der Waals surface area contributed by atoms with Gasteiger partial charge in [0, 0.05) is 5.56 Å². The largest absolute Gasteiger partial charge is 0.508 e. The van der Waals surface area contributed by atoms with Crippen molar-refractivity contribution in [1.82, 2.24) is 0 Å². The van der Waals surface area contributed by atoms with Crippen molar-refractivity contribution in [3.8, 4) is 11.5 Å². The summed E-state index contributed by atoms with van der Waals surface area (Å²) in [5, 5.41) is 9.15. The number of phenols is 1. The minimum Gasteiger partial charge on any atom is -0.508 e. The quantitative estimate of drug-likeness (QED) is 0.613. The van der Waals surface area contributed by atoms with Gasteiger partial charge in [0.05, 0.1) is 0 Å². The Morgan fingerprint density at radius 2 is 2.09 bits per heavy atom. The van der Waals surface area contributed by atoms with E-state index in [0.717, 1.165) is 11.3 Å². The van der Waals surface area contributed by atoms with Crippen LogP contribution in [0, 0.1) is 0 Å². The Bertz CT molecular complexity index is 302. The summed E-state index contributed by atoms with van der Waals surface area (Å²) in [6, 6.07) is 5.17. The van der Waals surface area contributed by atoms with Crippen molar-refractivity contribution in [3.05, 3.63) is 23.8 Å². The van der Waals surface area contributed by atoms with Crippen LogP contribution in [-0.2, 0) is 5.60 Å². The van der Waals surface area contributed by atoms with Gasteiger partial charge in [0.2, 0.25) is 0 Å². The first kappa shape index (κ1) is 6.53. The molecule has 0 unspecified atom stereocenters. The highest BCUT2D eigenvalue weighted by Gasteiger charge is 2.36. The number of rotatable bonds is 0. The molecule has 58 valence electrons. The van der Waals surface area contributed by atoms with Crippen molar-refractivity contribution >= 4 is 0 Å². The van der Waals surface area contributed by atoms with Gasteiger partial charge in [0.15, 0.2) is 0 Å². The van der Waals surface area contributed by atoms with Crippen molar-refractivity contribution in [2.75, 3.05) is 0 Å². The van der Waals surface area contributed by atoms with Crippen molar-refractivity contribution in [3.63, 3.8) is 0 Å². The summed E-state index contributed by atoms with van der Waals surface area (Å²) >= 11 is 0. The lowest BCUT2D eigenvalue weighted by atomic mass is 9.91. The zero-order valence-electron chi connectivity index (χ0n) is 6.59. The molecule has 2 heteroatoms. The molecule has 1 aromatic carbocycles. The molecule has 1 aliphatic heterocycles. The molecule has 1 aromatic rings. The molecule has 2 rings (SSSR count). The Kier molecular flexibility index (Phi) is 1.01. The molecule has 0 saturated heterocycles. The standard InChI is InChI=1S/C9H10O2/c1-9(2)7-5-6(10)3-4-8(7)11-9/h3-5,10H,1-2H3. The highest BCUT2D eigenvalue weighted by Crippen LogP contribution is 2.44. The van der Waals surface area contributed by atoms with Gasteiger partial charge < -0.3 is 9.84 Å². The number of phenolic OH excluding ortho intramolecular Hbond substituents is 1. The first-order valence-corrected chi connectivity index (χ1v) is 3.62. The zero-order chi connectivity index (χ0) is 8.06. The van der Waals surface area contributed by atoms with Gasteiger partial charge in [-0.15, -0.1) is 0 Å². The van der Waals surface area contributed by atoms with Gasteiger partial charge in [-0.1, -0.05) is 0 Å². The van der Waals surface area contributed by atoms with E-state index in [1.807, 2.05) is 13.8 Å². The molecule has 1 aliphatic rings. The Morgan fingerprint density at radius 3 is 2.64 bits per heavy atom. The highest BCUT2D eigenvalue weighted by atomic mass is 16.5. The molecule has 0 atom stereocenters. The highest BCUT2D eigenvalue weighted by molar-refractivity contribution is 5.48. The third-order valence-electron chi connectivity index (χ3n) is 1.98. The minimum atomic E-state index is -0.214. The Hall–Kier alpha value is -1.18. The van der Waals surface area contributed by atoms with Crippen LogP contribution >= 0.6 is 0 Å². The first-order valence-electron chi connectivity index (χ1n) is 3.62. The van der Waals surface area contributed by atoms with Crippen LogP contribution in [-0.4, -0.2) is 5.11 Å². The molecule has 0 radical (unpaired) electrons. The number of hydrogen-bond donors (Lipinski definition) is 1. The van der Waals surface area contributed by atoms with E-state index in [4.69, 9.17) is 9.84 Å². The van der Waals surface area contributed by atoms with Crippen molar-refractivity contribution in [2.24, 2.45) is 0 Å². The summed E-state index contributed by atoms with van der Waals surface area (Å²) in [6.45, 7) is 3.96. The second-order valence-electron chi connectivity index (χ2n) is 3.29. The topological polar surface area (TPSA) is 29.5 Å². The van der Waals surface area contributed by atoms with E-state index in [1.54, 1.807) is 18.2 Å². The van der Waals surface area contributed by atoms with Gasteiger partial charge in [-0.25, -0.2) is 0 Å². The predicted molar refractivity (Wildman–Crippen MR) is 41.8 cm³/mol. The summed E-state index contributed by atoms with van der Waals surface area (Å²) in [5.74, 6) is 1.19. The van der Waals surface area contributed by atoms with Gasteiger partial charge in [-0.05, 0) is 32.0 Å². The van der Waals surface area contributed by atoms with Crippen LogP contribution in [0.1, 0.15) is 19.4 Å². The molecule has 0 aromatic heterocycles. The van der Waals surface area contributed by atoms with Crippen LogP contribution in [0.2, 0.25) is 0 Å². The molecular formula is C9H10O2. The average Bonchev–Trinajstić information content (AvgIpc) is 1.92. The molecule has 11 heavy (non-hydrogen) atoms. The van der Waals surface area contributed by atoms with Gasteiger partial charge in [0.25, 0.3) is 0 Å². The molecule has 0 amide bonds. The molecule has 0 spiro atoms. The van der Waals surface area contributed by atoms with E-state index in [2.05, 4.69) is 0 Å². The van der Waals surface area contributed by atoms with Crippen LogP contribution in [0.5, 0.6) is 11.5 Å². The van der Waals surface area contributed by atoms with E-state index < -0.39 is 0 Å². The zero-order valence-corrected chi connectivity index (χ0v) is 6.59. The van der Waals surface area contributed by atoms with E-state index in [9.17, 15) is 0 Å². The van der Waals surface area contributed by atoms with Crippen LogP contribution in [0.4, 0.5) is 0 Å². The van der Waals surface area contributed by atoms with E-state index in [1.165, 1.54) is 0 Å². The lowest BCUT2D eigenvalue weighted by Gasteiger charge is -2.38. The fourth-order valence-electron chi connectivity index (χ4n) is 1.36. The van der Waals surface area contributed by atoms with Gasteiger partial charge >= 0.3 is 0 Å². The molecule has 2 nitrogen and oxygen atoms in total. The van der Waals surface area contributed by atoms with Crippen LogP contribution in [0.25, 0.3) is 0 Å². The summed E-state index contributed by atoms with van der Waals surface area (Å²) < 4.78 is 5.42. The third-order valence-corrected chi connectivity index (χ3v) is 1.98. The number of ether oxygens (including phenoxy) is 1. The maximum absolute atomic E-state index is 9.15. The molecule has 0 fully saturated rings. The molecule has 0 aliphatic carbocycles. The summed E-state index contributed by atoms with van der Waals surface area (Å²) in [5.41, 5.74) is 0.867. The number of hydrogen-bond acceptors (Lipinski definition) is 2. The second kappa shape index (κ2) is 1.70. The summed E-state index contributed by atoms with van der Waals surface area (Å²) in [4.78, 5) is 0. The fourth-order valence-corrected chi connectivity index (χ4v) is 1.36. The van der Waals surface area contributed by atoms with Crippen LogP contribution in [0.15, 0.2) is 18.2 Å². The lowest BCUT2D eigenvalue weighted by Crippen LogP contribution is -2.34. The SMILES string of the molecule is CC1(C)Oc2ccc(O)cc21. The Morgan fingerprint density at radius 1 is 1.36 bits per heavy atom. The van der Waals surface area contributed by atoms with E-state index in [0.29, 0.717) is 5.75 Å². The summed E-state index contributed by atoms with van der Waals surface area (Å²) in [6.07, 6.45) is 0. The van der Waals surface area contributed by atoms with Crippen molar-refractivity contribution < 1.29 is 9.84 Å². The molecule has 0 bridgehead atoms. The Labute approximate surface area is 65.4 Å². The predicted octanol–water partition coefficient (Wildman–Crippen LogP) is 2.02. The number of benzene rings is 1. The smallest absolute Gasteiger partial charge is 0.132 e. The van der Waals surface area contributed by atoms with Crippen LogP contribution < -0.4 is 4.74 Å². The van der Waals surface area contributed by atoms with Gasteiger partial charge in [-0.3, -0.25) is 0 Å². The molecule has 1 heterocycles. The molecular weight excluding hydrogens is 140 g/mol. The fraction of sp³-hybridized carbons (Fsp3) is 0.333. The first-order chi connectivity index (χ1) is 5.09. The number of fused-ring (bicyclic) bond motifs is 1. The summed E-state index contributed by atoms with van der Waals surface area (Å²) in [7, 11) is 0. The maximum atomic E-state index is 9.15. The van der Waals surface area contributed by atoms with Crippen molar-refractivity contribution in [2.45, 2.75) is 19.4 Å². The maximum Gasteiger partial charge on any atom is 0.132 e. The van der Waals surface area contributed by atoms with E-state index >= 15 is 0 Å². The average molecular weight is 150 g/mol. The third kappa shape index (κ3) is 0.788. The second-order valence-corrected chi connectivity index (χ2v) is 3.29. The van der Waals surface area contributed by atoms with Crippen molar-refractivity contribution in [1.29, 1.82) is 0 Å². The normalized spacial score (nSPS) is 18.0.